The maximum atomic E-state index is 13.1. The summed E-state index contributed by atoms with van der Waals surface area (Å²) in [5.41, 5.74) is 1.46. The number of para-hydroxylation sites is 2. The molecule has 1 spiro atoms. The van der Waals surface area contributed by atoms with E-state index in [2.05, 4.69) is 4.90 Å². The van der Waals surface area contributed by atoms with E-state index in [4.69, 9.17) is 0 Å². The summed E-state index contributed by atoms with van der Waals surface area (Å²) >= 11 is 0. The molecule has 1 aromatic heterocycles. The van der Waals surface area contributed by atoms with Gasteiger partial charge < -0.3 is 4.90 Å². The van der Waals surface area contributed by atoms with Crippen molar-refractivity contribution >= 4 is 21.1 Å². The Morgan fingerprint density at radius 1 is 1.00 bits per heavy atom. The van der Waals surface area contributed by atoms with Crippen LogP contribution in [0.25, 0.3) is 11.0 Å². The van der Waals surface area contributed by atoms with Gasteiger partial charge in [-0.25, -0.2) is 13.2 Å². The summed E-state index contributed by atoms with van der Waals surface area (Å²) in [4.78, 5) is 15.6. The second kappa shape index (κ2) is 6.98. The van der Waals surface area contributed by atoms with E-state index >= 15 is 0 Å². The lowest BCUT2D eigenvalue weighted by atomic mass is 9.76. The molecule has 0 radical (unpaired) electrons. The quantitative estimate of drug-likeness (QED) is 0.766. The van der Waals surface area contributed by atoms with Gasteiger partial charge in [0.1, 0.15) is 0 Å². The molecule has 158 valence electrons. The van der Waals surface area contributed by atoms with E-state index in [9.17, 15) is 13.2 Å². The van der Waals surface area contributed by atoms with Crippen LogP contribution in [-0.4, -0.2) is 47.7 Å². The lowest BCUT2D eigenvalue weighted by Crippen LogP contribution is -2.42. The smallest absolute Gasteiger partial charge is 0.303 e. The van der Waals surface area contributed by atoms with Crippen LogP contribution in [0.2, 0.25) is 0 Å². The molecule has 1 aliphatic heterocycles. The third-order valence-corrected chi connectivity index (χ3v) is 8.72. The van der Waals surface area contributed by atoms with Gasteiger partial charge in [0.15, 0.2) is 0 Å². The molecule has 1 saturated heterocycles. The van der Waals surface area contributed by atoms with Crippen LogP contribution in [0.4, 0.5) is 0 Å². The van der Waals surface area contributed by atoms with Crippen LogP contribution in [0.5, 0.6) is 0 Å². The number of aromatic nitrogens is 2. The van der Waals surface area contributed by atoms with Crippen LogP contribution in [-0.2, 0) is 10.0 Å². The molecular weight excluding hydrogens is 386 g/mol. The van der Waals surface area contributed by atoms with E-state index < -0.39 is 15.7 Å². The Labute approximate surface area is 172 Å². The third kappa shape index (κ3) is 3.36. The van der Waals surface area contributed by atoms with E-state index in [-0.39, 0.29) is 6.04 Å². The summed E-state index contributed by atoms with van der Waals surface area (Å²) in [7, 11) is -3.64. The van der Waals surface area contributed by atoms with Gasteiger partial charge in [-0.2, -0.15) is 3.97 Å². The molecule has 6 nitrogen and oxygen atoms in total. The zero-order chi connectivity index (χ0) is 20.2. The topological polar surface area (TPSA) is 64.3 Å². The minimum absolute atomic E-state index is 0.0629. The normalized spacial score (nSPS) is 25.6. The fourth-order valence-electron chi connectivity index (χ4n) is 5.97. The Kier molecular flexibility index (Phi) is 4.66. The summed E-state index contributed by atoms with van der Waals surface area (Å²) in [6.07, 6.45) is 11.3. The van der Waals surface area contributed by atoms with E-state index in [1.807, 2.05) is 12.1 Å². The number of piperidine rings is 1. The number of fused-ring (bicyclic) bond motifs is 1. The molecule has 29 heavy (non-hydrogen) atoms. The average Bonchev–Trinajstić information content (AvgIpc) is 3.38. The SMILES string of the molecule is CS(=O)(=O)n1c(=O)n(C2CCN(C[C@H]3CCCCC34CC4)CC2)c2ccccc21. The molecule has 0 amide bonds. The molecule has 2 aromatic rings. The van der Waals surface area contributed by atoms with Crippen LogP contribution < -0.4 is 5.69 Å². The fourth-order valence-corrected chi connectivity index (χ4v) is 6.85. The molecule has 3 aliphatic rings. The van der Waals surface area contributed by atoms with E-state index in [1.165, 1.54) is 45.1 Å². The summed E-state index contributed by atoms with van der Waals surface area (Å²) in [6, 6.07) is 7.31. The monoisotopic (exact) mass is 417 g/mol. The van der Waals surface area contributed by atoms with Gasteiger partial charge in [-0.15, -0.1) is 0 Å². The van der Waals surface area contributed by atoms with Crippen molar-refractivity contribution in [2.45, 2.75) is 57.4 Å². The molecule has 0 N–H and O–H groups in total. The van der Waals surface area contributed by atoms with Crippen molar-refractivity contribution in [3.05, 3.63) is 34.7 Å². The second-order valence-electron chi connectivity index (χ2n) is 9.51. The highest BCUT2D eigenvalue weighted by atomic mass is 32.2. The van der Waals surface area contributed by atoms with Crippen molar-refractivity contribution in [1.82, 2.24) is 13.4 Å². The lowest BCUT2D eigenvalue weighted by molar-refractivity contribution is 0.108. The number of likely N-dealkylation sites (tertiary alicyclic amines) is 1. The molecule has 0 bridgehead atoms. The number of hydrogen-bond donors (Lipinski definition) is 0. The Bertz CT molecular complexity index is 1070. The van der Waals surface area contributed by atoms with Crippen LogP contribution >= 0.6 is 0 Å². The summed E-state index contributed by atoms with van der Waals surface area (Å²) in [6.45, 7) is 3.18. The molecule has 2 aliphatic carbocycles. The van der Waals surface area contributed by atoms with Crippen molar-refractivity contribution in [1.29, 1.82) is 0 Å². The molecule has 2 saturated carbocycles. The van der Waals surface area contributed by atoms with Gasteiger partial charge in [-0.1, -0.05) is 25.0 Å². The minimum atomic E-state index is -3.64. The number of imidazole rings is 1. The van der Waals surface area contributed by atoms with Crippen molar-refractivity contribution < 1.29 is 8.42 Å². The summed E-state index contributed by atoms with van der Waals surface area (Å²) in [5, 5.41) is 0. The summed E-state index contributed by atoms with van der Waals surface area (Å²) in [5.74, 6) is 0.850. The standard InChI is InChI=1S/C22H31N3O3S/c1-29(27,28)25-20-8-3-2-7-19(20)24(21(25)26)18-9-14-23(15-10-18)16-17-6-4-5-11-22(17)12-13-22/h2-3,7-8,17-18H,4-6,9-16H2,1H3/t17-/m1/s1. The molecule has 1 aromatic carbocycles. The van der Waals surface area contributed by atoms with Gasteiger partial charge in [0.05, 0.1) is 17.3 Å². The Balaban J connectivity index is 1.36. The molecule has 1 atom stereocenters. The van der Waals surface area contributed by atoms with Gasteiger partial charge in [-0.3, -0.25) is 4.57 Å². The first-order valence-corrected chi connectivity index (χ1v) is 12.9. The van der Waals surface area contributed by atoms with Crippen molar-refractivity contribution in [3.63, 3.8) is 0 Å². The number of hydrogen-bond acceptors (Lipinski definition) is 4. The van der Waals surface area contributed by atoms with Gasteiger partial charge >= 0.3 is 5.69 Å². The van der Waals surface area contributed by atoms with Crippen molar-refractivity contribution in [3.8, 4) is 0 Å². The highest BCUT2D eigenvalue weighted by molar-refractivity contribution is 7.89. The van der Waals surface area contributed by atoms with Gasteiger partial charge in [-0.05, 0) is 62.0 Å². The highest BCUT2D eigenvalue weighted by Gasteiger charge is 2.50. The summed E-state index contributed by atoms with van der Waals surface area (Å²) < 4.78 is 27.2. The Morgan fingerprint density at radius 3 is 2.34 bits per heavy atom. The predicted octanol–water partition coefficient (Wildman–Crippen LogP) is 3.22. The fraction of sp³-hybridized carbons (Fsp3) is 0.682. The number of nitrogens with zero attached hydrogens (tertiary/aromatic N) is 3. The van der Waals surface area contributed by atoms with E-state index in [0.717, 1.165) is 47.6 Å². The number of benzene rings is 1. The number of rotatable bonds is 4. The Hall–Kier alpha value is -1.60. The first-order valence-electron chi connectivity index (χ1n) is 11.0. The molecule has 3 fully saturated rings. The predicted molar refractivity (Wildman–Crippen MR) is 115 cm³/mol. The van der Waals surface area contributed by atoms with Gasteiger partial charge in [0.25, 0.3) is 0 Å². The maximum absolute atomic E-state index is 13.1. The first kappa shape index (κ1) is 19.4. The zero-order valence-electron chi connectivity index (χ0n) is 17.2. The maximum Gasteiger partial charge on any atom is 0.343 e. The van der Waals surface area contributed by atoms with E-state index in [1.54, 1.807) is 16.7 Å². The first-order chi connectivity index (χ1) is 13.9. The van der Waals surface area contributed by atoms with Crippen LogP contribution in [0.15, 0.2) is 29.1 Å². The zero-order valence-corrected chi connectivity index (χ0v) is 18.0. The molecular formula is C22H31N3O3S. The van der Waals surface area contributed by atoms with E-state index in [0.29, 0.717) is 10.9 Å². The highest BCUT2D eigenvalue weighted by Crippen LogP contribution is 2.59. The van der Waals surface area contributed by atoms with Crippen LogP contribution in [0.1, 0.15) is 57.4 Å². The Morgan fingerprint density at radius 2 is 1.69 bits per heavy atom. The third-order valence-electron chi connectivity index (χ3n) is 7.71. The molecule has 7 heteroatoms. The van der Waals surface area contributed by atoms with Crippen LogP contribution in [0.3, 0.4) is 0 Å². The van der Waals surface area contributed by atoms with Crippen molar-refractivity contribution in [2.75, 3.05) is 25.9 Å². The second-order valence-corrected chi connectivity index (χ2v) is 11.3. The largest absolute Gasteiger partial charge is 0.343 e. The van der Waals surface area contributed by atoms with Crippen molar-refractivity contribution in [2.24, 2.45) is 11.3 Å². The average molecular weight is 418 g/mol. The van der Waals surface area contributed by atoms with Gasteiger partial charge in [0.2, 0.25) is 10.0 Å². The lowest BCUT2D eigenvalue weighted by Gasteiger charge is -2.39. The molecule has 2 heterocycles. The van der Waals surface area contributed by atoms with Gasteiger partial charge in [0, 0.05) is 25.7 Å². The molecule has 0 unspecified atom stereocenters. The minimum Gasteiger partial charge on any atom is -0.303 e. The molecule has 5 rings (SSSR count). The van der Waals surface area contributed by atoms with Crippen LogP contribution in [0, 0.1) is 11.3 Å².